The maximum absolute atomic E-state index is 6.44. The van der Waals surface area contributed by atoms with E-state index in [1.54, 1.807) is 19.5 Å². The van der Waals surface area contributed by atoms with Crippen LogP contribution in [0.15, 0.2) is 67.0 Å². The first-order valence-electron chi connectivity index (χ1n) is 8.39. The lowest BCUT2D eigenvalue weighted by Gasteiger charge is -2.14. The van der Waals surface area contributed by atoms with E-state index in [0.29, 0.717) is 29.7 Å². The quantitative estimate of drug-likeness (QED) is 0.630. The van der Waals surface area contributed by atoms with Gasteiger partial charge in [-0.2, -0.15) is 0 Å². The monoisotopic (exact) mass is 368 g/mol. The van der Waals surface area contributed by atoms with Crippen molar-refractivity contribution >= 4 is 11.6 Å². The number of hydrogen-bond acceptors (Lipinski definition) is 4. The van der Waals surface area contributed by atoms with Crippen molar-refractivity contribution in [3.05, 3.63) is 88.7 Å². The van der Waals surface area contributed by atoms with Crippen LogP contribution < -0.4 is 14.8 Å². The van der Waals surface area contributed by atoms with Crippen molar-refractivity contribution in [2.75, 3.05) is 7.11 Å². The molecule has 0 amide bonds. The number of methoxy groups -OCH3 is 1. The maximum atomic E-state index is 6.44. The summed E-state index contributed by atoms with van der Waals surface area (Å²) < 4.78 is 11.4. The molecule has 0 spiro atoms. The van der Waals surface area contributed by atoms with Crippen LogP contribution in [0, 0.1) is 0 Å². The Balaban J connectivity index is 1.64. The van der Waals surface area contributed by atoms with Gasteiger partial charge in [-0.05, 0) is 34.9 Å². The number of aromatic nitrogens is 1. The van der Waals surface area contributed by atoms with E-state index >= 15 is 0 Å². The predicted octanol–water partition coefficient (Wildman–Crippen LogP) is 4.61. The first kappa shape index (κ1) is 18.2. The Hall–Kier alpha value is -2.56. The number of benzene rings is 2. The van der Waals surface area contributed by atoms with Gasteiger partial charge >= 0.3 is 0 Å². The average molecular weight is 369 g/mol. The van der Waals surface area contributed by atoms with Crippen LogP contribution in [0.25, 0.3) is 0 Å². The Morgan fingerprint density at radius 3 is 2.42 bits per heavy atom. The molecule has 0 aliphatic rings. The molecule has 4 nitrogen and oxygen atoms in total. The summed E-state index contributed by atoms with van der Waals surface area (Å²) in [7, 11) is 1.63. The van der Waals surface area contributed by atoms with Crippen LogP contribution in [0.1, 0.15) is 16.7 Å². The molecule has 1 aromatic heterocycles. The van der Waals surface area contributed by atoms with Crippen LogP contribution in [-0.4, -0.2) is 12.1 Å². The highest BCUT2D eigenvalue weighted by atomic mass is 35.5. The molecule has 134 valence electrons. The molecule has 1 heterocycles. The lowest BCUT2D eigenvalue weighted by molar-refractivity contribution is 0.284. The Morgan fingerprint density at radius 1 is 0.923 bits per heavy atom. The van der Waals surface area contributed by atoms with Crippen molar-refractivity contribution in [1.29, 1.82) is 0 Å². The number of hydrogen-bond donors (Lipinski definition) is 1. The minimum absolute atomic E-state index is 0.465. The third-order valence-corrected chi connectivity index (χ3v) is 4.32. The zero-order valence-corrected chi connectivity index (χ0v) is 15.4. The van der Waals surface area contributed by atoms with Crippen LogP contribution in [0.3, 0.4) is 0 Å². The first-order chi connectivity index (χ1) is 12.8. The molecular weight excluding hydrogens is 348 g/mol. The fraction of sp³-hybridized carbons (Fsp3) is 0.190. The van der Waals surface area contributed by atoms with Gasteiger partial charge in [0.25, 0.3) is 0 Å². The van der Waals surface area contributed by atoms with Gasteiger partial charge in [0.2, 0.25) is 0 Å². The molecule has 3 rings (SSSR count). The van der Waals surface area contributed by atoms with Gasteiger partial charge in [-0.25, -0.2) is 0 Å². The highest BCUT2D eigenvalue weighted by Gasteiger charge is 2.11. The predicted molar refractivity (Wildman–Crippen MR) is 104 cm³/mol. The van der Waals surface area contributed by atoms with Gasteiger partial charge in [0.05, 0.1) is 7.11 Å². The van der Waals surface area contributed by atoms with Crippen molar-refractivity contribution in [3.63, 3.8) is 0 Å². The Labute approximate surface area is 158 Å². The zero-order valence-electron chi connectivity index (χ0n) is 14.6. The van der Waals surface area contributed by atoms with Gasteiger partial charge in [0, 0.05) is 36.6 Å². The van der Waals surface area contributed by atoms with E-state index in [-0.39, 0.29) is 0 Å². The summed E-state index contributed by atoms with van der Waals surface area (Å²) in [5.41, 5.74) is 3.23. The number of ether oxygens (including phenoxy) is 2. The van der Waals surface area contributed by atoms with Crippen LogP contribution in [0.2, 0.25) is 5.02 Å². The summed E-state index contributed by atoms with van der Waals surface area (Å²) in [5.74, 6) is 1.31. The maximum Gasteiger partial charge on any atom is 0.163 e. The Morgan fingerprint density at radius 2 is 1.69 bits per heavy atom. The van der Waals surface area contributed by atoms with E-state index in [0.717, 1.165) is 17.7 Å². The van der Waals surface area contributed by atoms with E-state index in [9.17, 15) is 0 Å². The van der Waals surface area contributed by atoms with E-state index in [2.05, 4.69) is 10.3 Å². The summed E-state index contributed by atoms with van der Waals surface area (Å²) in [6, 6.07) is 17.7. The number of halogens is 1. The third-order valence-electron chi connectivity index (χ3n) is 3.96. The molecule has 0 saturated carbocycles. The van der Waals surface area contributed by atoms with Crippen LogP contribution in [0.4, 0.5) is 0 Å². The zero-order chi connectivity index (χ0) is 18.2. The molecule has 0 radical (unpaired) electrons. The Bertz CT molecular complexity index is 826. The van der Waals surface area contributed by atoms with Crippen LogP contribution >= 0.6 is 11.6 Å². The molecule has 0 atom stereocenters. The summed E-state index contributed by atoms with van der Waals surface area (Å²) in [6.07, 6.45) is 3.57. The molecule has 0 unspecified atom stereocenters. The molecule has 0 fully saturated rings. The topological polar surface area (TPSA) is 43.4 Å². The molecule has 3 aromatic rings. The molecule has 5 heteroatoms. The minimum atomic E-state index is 0.465. The van der Waals surface area contributed by atoms with E-state index in [1.165, 1.54) is 5.56 Å². The van der Waals surface area contributed by atoms with E-state index in [4.69, 9.17) is 21.1 Å². The normalized spacial score (nSPS) is 10.5. The molecule has 0 bridgehead atoms. The average Bonchev–Trinajstić information content (AvgIpc) is 2.69. The smallest absolute Gasteiger partial charge is 0.163 e. The van der Waals surface area contributed by atoms with Crippen LogP contribution in [-0.2, 0) is 19.7 Å². The summed E-state index contributed by atoms with van der Waals surface area (Å²) >= 11 is 6.44. The lowest BCUT2D eigenvalue weighted by Crippen LogP contribution is -2.13. The van der Waals surface area contributed by atoms with Crippen molar-refractivity contribution in [2.45, 2.75) is 19.7 Å². The molecule has 26 heavy (non-hydrogen) atoms. The molecule has 0 aliphatic heterocycles. The first-order valence-corrected chi connectivity index (χ1v) is 8.77. The molecule has 0 saturated heterocycles. The fourth-order valence-electron chi connectivity index (χ4n) is 2.56. The molecule has 0 aliphatic carbocycles. The molecule has 1 N–H and O–H groups in total. The number of nitrogens with one attached hydrogen (secondary N) is 1. The van der Waals surface area contributed by atoms with Gasteiger partial charge in [0.15, 0.2) is 11.5 Å². The van der Waals surface area contributed by atoms with Crippen molar-refractivity contribution in [1.82, 2.24) is 10.3 Å². The number of nitrogens with zero attached hydrogens (tertiary/aromatic N) is 1. The second-order valence-electron chi connectivity index (χ2n) is 5.83. The number of pyridine rings is 1. The fourth-order valence-corrected chi connectivity index (χ4v) is 2.78. The minimum Gasteiger partial charge on any atom is -0.493 e. The second-order valence-corrected chi connectivity index (χ2v) is 6.23. The largest absolute Gasteiger partial charge is 0.493 e. The van der Waals surface area contributed by atoms with Crippen molar-refractivity contribution < 1.29 is 9.47 Å². The Kier molecular flexibility index (Phi) is 6.47. The SMILES string of the molecule is COc1cc(CNCc2ccncc2)c(Cl)cc1OCc1ccccc1. The van der Waals surface area contributed by atoms with Gasteiger partial charge in [-0.15, -0.1) is 0 Å². The summed E-state index contributed by atoms with van der Waals surface area (Å²) in [5, 5.41) is 4.03. The van der Waals surface area contributed by atoms with Gasteiger partial charge < -0.3 is 14.8 Å². The summed E-state index contributed by atoms with van der Waals surface area (Å²) in [6.45, 7) is 1.84. The second kappa shape index (κ2) is 9.22. The van der Waals surface area contributed by atoms with E-state index in [1.807, 2.05) is 54.6 Å². The summed E-state index contributed by atoms with van der Waals surface area (Å²) in [4.78, 5) is 4.02. The number of rotatable bonds is 8. The van der Waals surface area contributed by atoms with Gasteiger partial charge in [-0.3, -0.25) is 4.98 Å². The van der Waals surface area contributed by atoms with Gasteiger partial charge in [-0.1, -0.05) is 41.9 Å². The van der Waals surface area contributed by atoms with Gasteiger partial charge in [0.1, 0.15) is 6.61 Å². The standard InChI is InChI=1S/C21H21ClN2O2/c1-25-20-11-18(14-24-13-16-7-9-23-10-8-16)19(22)12-21(20)26-15-17-5-3-2-4-6-17/h2-12,24H,13-15H2,1H3. The molecular formula is C21H21ClN2O2. The van der Waals surface area contributed by atoms with Crippen molar-refractivity contribution in [2.24, 2.45) is 0 Å². The third kappa shape index (κ3) is 4.97. The molecule has 2 aromatic carbocycles. The highest BCUT2D eigenvalue weighted by Crippen LogP contribution is 2.34. The van der Waals surface area contributed by atoms with Crippen molar-refractivity contribution in [3.8, 4) is 11.5 Å². The lowest BCUT2D eigenvalue weighted by atomic mass is 10.2. The van der Waals surface area contributed by atoms with Crippen LogP contribution in [0.5, 0.6) is 11.5 Å². The van der Waals surface area contributed by atoms with E-state index < -0.39 is 0 Å². The highest BCUT2D eigenvalue weighted by molar-refractivity contribution is 6.31.